The highest BCUT2D eigenvalue weighted by Gasteiger charge is 2.36. The number of rotatable bonds is 6. The average molecular weight is 476 g/mol. The van der Waals surface area contributed by atoms with Gasteiger partial charge in [-0.3, -0.25) is 4.79 Å². The highest BCUT2D eigenvalue weighted by Crippen LogP contribution is 2.24. The van der Waals surface area contributed by atoms with Crippen LogP contribution in [0.15, 0.2) is 22.7 Å². The molecule has 1 aromatic rings. The molecule has 0 saturated carbocycles. The van der Waals surface area contributed by atoms with Crippen LogP contribution in [0.3, 0.4) is 0 Å². The van der Waals surface area contributed by atoms with Gasteiger partial charge in [-0.25, -0.2) is 0 Å². The van der Waals surface area contributed by atoms with E-state index in [9.17, 15) is 13.2 Å². The summed E-state index contributed by atoms with van der Waals surface area (Å²) in [5.74, 6) is 0.204. The number of morpholine rings is 1. The van der Waals surface area contributed by atoms with E-state index in [1.165, 1.54) is 8.61 Å². The van der Waals surface area contributed by atoms with Gasteiger partial charge in [0.15, 0.2) is 0 Å². The lowest BCUT2D eigenvalue weighted by atomic mass is 9.98. The quantitative estimate of drug-likeness (QED) is 0.670. The number of amides is 1. The Labute approximate surface area is 174 Å². The van der Waals surface area contributed by atoms with Crippen LogP contribution in [0.2, 0.25) is 0 Å². The van der Waals surface area contributed by atoms with Gasteiger partial charge in [-0.1, -0.05) is 15.9 Å². The molecule has 8 nitrogen and oxygen atoms in total. The van der Waals surface area contributed by atoms with Crippen molar-refractivity contribution in [3.05, 3.63) is 28.2 Å². The lowest BCUT2D eigenvalue weighted by Crippen LogP contribution is -2.52. The first kappa shape index (κ1) is 21.5. The van der Waals surface area contributed by atoms with Gasteiger partial charge in [-0.2, -0.15) is 17.0 Å². The maximum Gasteiger partial charge on any atom is 0.282 e. The van der Waals surface area contributed by atoms with E-state index < -0.39 is 10.2 Å². The van der Waals surface area contributed by atoms with Gasteiger partial charge in [0.05, 0.1) is 26.2 Å². The minimum absolute atomic E-state index is 0.135. The first-order valence-electron chi connectivity index (χ1n) is 9.35. The highest BCUT2D eigenvalue weighted by molar-refractivity contribution is 9.10. The Bertz CT molecular complexity index is 798. The summed E-state index contributed by atoms with van der Waals surface area (Å²) in [5, 5.41) is 2.93. The molecule has 1 N–H and O–H groups in total. The van der Waals surface area contributed by atoms with Gasteiger partial charge in [-0.05, 0) is 31.0 Å². The summed E-state index contributed by atoms with van der Waals surface area (Å²) in [5.41, 5.74) is 0.860. The number of methoxy groups -OCH3 is 1. The fourth-order valence-electron chi connectivity index (χ4n) is 3.52. The summed E-state index contributed by atoms with van der Waals surface area (Å²) in [6.45, 7) is 2.52. The predicted molar refractivity (Wildman–Crippen MR) is 108 cm³/mol. The van der Waals surface area contributed by atoms with Crippen molar-refractivity contribution in [3.63, 3.8) is 0 Å². The normalized spacial score (nSPS) is 22.0. The van der Waals surface area contributed by atoms with Gasteiger partial charge in [0.2, 0.25) is 5.91 Å². The fraction of sp³-hybridized carbons (Fsp3) is 0.611. The molecule has 2 heterocycles. The smallest absolute Gasteiger partial charge is 0.282 e. The number of halogens is 1. The third-order valence-corrected chi connectivity index (χ3v) is 7.57. The van der Waals surface area contributed by atoms with E-state index in [2.05, 4.69) is 21.2 Å². The molecule has 0 aromatic heterocycles. The Kier molecular flexibility index (Phi) is 7.32. The maximum atomic E-state index is 12.9. The number of carbonyl (C=O) groups excluding carboxylic acids is 1. The van der Waals surface area contributed by atoms with Crippen molar-refractivity contribution in [1.29, 1.82) is 0 Å². The Morgan fingerprint density at radius 1 is 1.29 bits per heavy atom. The van der Waals surface area contributed by atoms with E-state index in [1.807, 2.05) is 18.2 Å². The van der Waals surface area contributed by atoms with Crippen LogP contribution < -0.4 is 10.1 Å². The molecular weight excluding hydrogens is 450 g/mol. The number of hydrogen-bond acceptors (Lipinski definition) is 5. The first-order valence-corrected chi connectivity index (χ1v) is 11.5. The van der Waals surface area contributed by atoms with Gasteiger partial charge in [0, 0.05) is 42.8 Å². The Hall–Kier alpha value is -1.20. The van der Waals surface area contributed by atoms with E-state index in [4.69, 9.17) is 9.47 Å². The molecule has 1 unspecified atom stereocenters. The summed E-state index contributed by atoms with van der Waals surface area (Å²) in [6, 6.07) is 5.61. The highest BCUT2D eigenvalue weighted by atomic mass is 79.9. The number of hydrogen-bond donors (Lipinski definition) is 1. The molecule has 10 heteroatoms. The molecule has 1 atom stereocenters. The summed E-state index contributed by atoms with van der Waals surface area (Å²) in [4.78, 5) is 12.7. The van der Waals surface area contributed by atoms with Crippen molar-refractivity contribution in [2.45, 2.75) is 19.4 Å². The third-order valence-electron chi connectivity index (χ3n) is 5.07. The molecule has 28 heavy (non-hydrogen) atoms. The SMILES string of the molecule is COc1ccc(Br)cc1CNC(=O)C1CCCN(S(=O)(=O)N2CCOCC2)C1. The van der Waals surface area contributed by atoms with Crippen molar-refractivity contribution in [3.8, 4) is 5.75 Å². The molecule has 2 saturated heterocycles. The van der Waals surface area contributed by atoms with Gasteiger partial charge >= 0.3 is 0 Å². The molecule has 0 aliphatic carbocycles. The minimum Gasteiger partial charge on any atom is -0.496 e. The Morgan fingerprint density at radius 2 is 2.04 bits per heavy atom. The van der Waals surface area contributed by atoms with Crippen LogP contribution in [-0.2, 0) is 26.3 Å². The summed E-state index contributed by atoms with van der Waals surface area (Å²) < 4.78 is 40.1. The monoisotopic (exact) mass is 475 g/mol. The maximum absolute atomic E-state index is 12.9. The van der Waals surface area contributed by atoms with Gasteiger partial charge < -0.3 is 14.8 Å². The molecule has 0 radical (unpaired) electrons. The first-order chi connectivity index (χ1) is 13.4. The number of carbonyl (C=O) groups is 1. The number of benzene rings is 1. The Balaban J connectivity index is 1.61. The third kappa shape index (κ3) is 5.04. The van der Waals surface area contributed by atoms with E-state index >= 15 is 0 Å². The average Bonchev–Trinajstić information content (AvgIpc) is 2.73. The van der Waals surface area contributed by atoms with Gasteiger partial charge in [-0.15, -0.1) is 0 Å². The number of nitrogens with one attached hydrogen (secondary N) is 1. The molecule has 2 aliphatic heterocycles. The van der Waals surface area contributed by atoms with E-state index in [0.717, 1.165) is 10.0 Å². The van der Waals surface area contributed by atoms with Crippen LogP contribution in [0.25, 0.3) is 0 Å². The molecule has 156 valence electrons. The molecule has 0 bridgehead atoms. The van der Waals surface area contributed by atoms with Crippen molar-refractivity contribution >= 4 is 32.0 Å². The molecule has 2 fully saturated rings. The predicted octanol–water partition coefficient (Wildman–Crippen LogP) is 1.36. The van der Waals surface area contributed by atoms with Gasteiger partial charge in [0.25, 0.3) is 10.2 Å². The Morgan fingerprint density at radius 3 is 2.75 bits per heavy atom. The molecular formula is C18H26BrN3O5S. The van der Waals surface area contributed by atoms with Crippen LogP contribution in [0.5, 0.6) is 5.75 Å². The zero-order valence-corrected chi connectivity index (χ0v) is 18.3. The second-order valence-corrected chi connectivity index (χ2v) is 9.73. The molecule has 0 spiro atoms. The lowest BCUT2D eigenvalue weighted by molar-refractivity contribution is -0.126. The standard InChI is InChI=1S/C18H26BrN3O5S/c1-26-17-5-4-16(19)11-15(17)12-20-18(23)14-3-2-6-22(13-14)28(24,25)21-7-9-27-10-8-21/h4-5,11,14H,2-3,6-10,12-13H2,1H3,(H,20,23). The summed E-state index contributed by atoms with van der Waals surface area (Å²) in [6.07, 6.45) is 1.35. The summed E-state index contributed by atoms with van der Waals surface area (Å²) in [7, 11) is -1.97. The second kappa shape index (κ2) is 9.53. The zero-order chi connectivity index (χ0) is 20.1. The topological polar surface area (TPSA) is 88.2 Å². The lowest BCUT2D eigenvalue weighted by Gasteiger charge is -2.36. The number of ether oxygens (including phenoxy) is 2. The van der Waals surface area contributed by atoms with Crippen LogP contribution in [-0.4, -0.2) is 69.4 Å². The number of piperidine rings is 1. The largest absolute Gasteiger partial charge is 0.496 e. The minimum atomic E-state index is -3.55. The zero-order valence-electron chi connectivity index (χ0n) is 15.9. The van der Waals surface area contributed by atoms with Crippen LogP contribution in [0.1, 0.15) is 18.4 Å². The molecule has 1 aromatic carbocycles. The van der Waals surface area contributed by atoms with Crippen LogP contribution >= 0.6 is 15.9 Å². The molecule has 3 rings (SSSR count). The van der Waals surface area contributed by atoms with E-state index in [-0.39, 0.29) is 18.4 Å². The van der Waals surface area contributed by atoms with Crippen LogP contribution in [0.4, 0.5) is 0 Å². The van der Waals surface area contributed by atoms with Crippen molar-refractivity contribution in [2.24, 2.45) is 5.92 Å². The molecule has 1 amide bonds. The van der Waals surface area contributed by atoms with E-state index in [0.29, 0.717) is 58.0 Å². The van der Waals surface area contributed by atoms with Crippen molar-refractivity contribution in [2.75, 3.05) is 46.5 Å². The van der Waals surface area contributed by atoms with Crippen molar-refractivity contribution < 1.29 is 22.7 Å². The molecule has 2 aliphatic rings. The summed E-state index contributed by atoms with van der Waals surface area (Å²) >= 11 is 3.42. The van der Waals surface area contributed by atoms with E-state index in [1.54, 1.807) is 7.11 Å². The second-order valence-electron chi connectivity index (χ2n) is 6.89. The fourth-order valence-corrected chi connectivity index (χ4v) is 5.59. The van der Waals surface area contributed by atoms with Crippen LogP contribution in [0, 0.1) is 5.92 Å². The van der Waals surface area contributed by atoms with Crippen molar-refractivity contribution in [1.82, 2.24) is 13.9 Å². The van der Waals surface area contributed by atoms with Gasteiger partial charge in [0.1, 0.15) is 5.75 Å². The number of nitrogens with zero attached hydrogens (tertiary/aromatic N) is 2.